The number of aromatic nitrogens is 4. The van der Waals surface area contributed by atoms with Crippen molar-refractivity contribution in [2.75, 3.05) is 33.0 Å². The molecule has 0 saturated carbocycles. The zero-order valence-corrected chi connectivity index (χ0v) is 20.6. The lowest BCUT2D eigenvalue weighted by molar-refractivity contribution is 0.0850. The number of ether oxygens (including phenoxy) is 1. The van der Waals surface area contributed by atoms with Gasteiger partial charge in [0.2, 0.25) is 5.95 Å². The highest BCUT2D eigenvalue weighted by Crippen LogP contribution is 2.34. The van der Waals surface area contributed by atoms with Gasteiger partial charge in [0.1, 0.15) is 17.2 Å². The Bertz CT molecular complexity index is 1490. The summed E-state index contributed by atoms with van der Waals surface area (Å²) >= 11 is 0. The van der Waals surface area contributed by atoms with Crippen LogP contribution in [0.1, 0.15) is 35.7 Å². The number of nitrogens with one attached hydrogen (secondary N) is 1. The summed E-state index contributed by atoms with van der Waals surface area (Å²) in [4.78, 5) is 30.0. The summed E-state index contributed by atoms with van der Waals surface area (Å²) in [6.45, 7) is 3.94. The summed E-state index contributed by atoms with van der Waals surface area (Å²) in [5, 5.41) is 0.454. The number of nitrogen functional groups attached to an aromatic ring is 1. The largest absolute Gasteiger partial charge is 0.382 e. The fraction of sp³-hybridized carbons (Fsp3) is 0.333. The van der Waals surface area contributed by atoms with Crippen LogP contribution in [0.3, 0.4) is 0 Å². The average molecular weight is 489 g/mol. The molecule has 1 aliphatic heterocycles. The molecule has 1 aliphatic rings. The number of hydrogen-bond donors (Lipinski definition) is 2. The van der Waals surface area contributed by atoms with Crippen molar-refractivity contribution in [3.8, 4) is 22.5 Å². The minimum atomic E-state index is -0.725. The molecule has 4 aromatic rings. The molecule has 5 rings (SSSR count). The number of fused-ring (bicyclic) bond motifs is 1. The number of aromatic amines is 1. The molecule has 1 saturated heterocycles. The zero-order chi connectivity index (χ0) is 25.4. The number of anilines is 1. The van der Waals surface area contributed by atoms with Gasteiger partial charge in [-0.1, -0.05) is 18.2 Å². The Labute approximate surface area is 208 Å². The van der Waals surface area contributed by atoms with E-state index in [2.05, 4.69) is 30.9 Å². The van der Waals surface area contributed by atoms with E-state index in [9.17, 15) is 4.79 Å². The molecule has 36 heavy (non-hydrogen) atoms. The van der Waals surface area contributed by atoms with Crippen molar-refractivity contribution in [2.45, 2.75) is 32.2 Å². The Morgan fingerprint density at radius 2 is 1.78 bits per heavy atom. The second-order valence-corrected chi connectivity index (χ2v) is 9.52. The summed E-state index contributed by atoms with van der Waals surface area (Å²) in [6.07, 6.45) is 1.94. The molecule has 0 amide bonds. The molecule has 2 aromatic heterocycles. The van der Waals surface area contributed by atoms with Crippen molar-refractivity contribution in [2.24, 2.45) is 0 Å². The van der Waals surface area contributed by atoms with Crippen molar-refractivity contribution in [3.05, 3.63) is 69.7 Å². The number of hydrogen-bond acceptors (Lipinski definition) is 7. The van der Waals surface area contributed by atoms with Gasteiger partial charge in [-0.3, -0.25) is 4.79 Å². The molecule has 8 nitrogen and oxygen atoms in total. The van der Waals surface area contributed by atoms with E-state index in [1.54, 1.807) is 25.1 Å². The van der Waals surface area contributed by atoms with Gasteiger partial charge in [-0.05, 0) is 69.1 Å². The first-order valence-corrected chi connectivity index (χ1v) is 12.0. The Balaban J connectivity index is 1.60. The van der Waals surface area contributed by atoms with Crippen molar-refractivity contribution in [1.29, 1.82) is 0 Å². The van der Waals surface area contributed by atoms with Gasteiger partial charge in [0.25, 0.3) is 5.56 Å². The lowest BCUT2D eigenvalue weighted by Gasteiger charge is -2.26. The number of benzene rings is 2. The van der Waals surface area contributed by atoms with Crippen LogP contribution < -0.4 is 11.3 Å². The van der Waals surface area contributed by atoms with Crippen LogP contribution in [-0.4, -0.2) is 52.1 Å². The molecule has 3 heterocycles. The van der Waals surface area contributed by atoms with Crippen molar-refractivity contribution < 1.29 is 9.13 Å². The SMILES string of the molecule is Cc1nc2cc(-c3nc(-c4ccc(C5CCOCC5)c(CN(C)C)c4)c(F)nc3N)ccc2c(=O)[nH]1. The number of nitrogens with zero attached hydrogens (tertiary/aromatic N) is 4. The lowest BCUT2D eigenvalue weighted by Crippen LogP contribution is -2.18. The molecule has 0 unspecified atom stereocenters. The first kappa shape index (κ1) is 24.0. The maximum atomic E-state index is 15.1. The first-order valence-electron chi connectivity index (χ1n) is 12.0. The molecule has 3 N–H and O–H groups in total. The standard InChI is InChI=1S/C27H29FN6O2/c1-15-30-22-13-18(5-7-21(22)27(35)31-15)24-26(29)33-25(28)23(32-24)17-4-6-20(16-8-10-36-11-9-16)19(12-17)14-34(2)3/h4-7,12-13,16H,8-11,14H2,1-3H3,(H2,29,33)(H,30,31,35). The molecular weight excluding hydrogens is 459 g/mol. The van der Waals surface area contributed by atoms with Gasteiger partial charge < -0.3 is 20.4 Å². The molecule has 186 valence electrons. The van der Waals surface area contributed by atoms with Crippen molar-refractivity contribution in [3.63, 3.8) is 0 Å². The molecule has 0 aliphatic carbocycles. The number of nitrogens with two attached hydrogens (primary N) is 1. The number of H-pyrrole nitrogens is 1. The molecule has 0 spiro atoms. The molecule has 0 bridgehead atoms. The van der Waals surface area contributed by atoms with E-state index >= 15 is 4.39 Å². The predicted octanol–water partition coefficient (Wildman–Crippen LogP) is 4.03. The highest BCUT2D eigenvalue weighted by Gasteiger charge is 2.22. The second kappa shape index (κ2) is 9.75. The van der Waals surface area contributed by atoms with E-state index in [0.717, 1.165) is 38.2 Å². The first-order chi connectivity index (χ1) is 17.3. The smallest absolute Gasteiger partial charge is 0.258 e. The topological polar surface area (TPSA) is 110 Å². The van der Waals surface area contributed by atoms with E-state index in [-0.39, 0.29) is 17.1 Å². The van der Waals surface area contributed by atoms with Crippen LogP contribution in [0.25, 0.3) is 33.4 Å². The summed E-state index contributed by atoms with van der Waals surface area (Å²) in [6, 6.07) is 11.1. The van der Waals surface area contributed by atoms with E-state index in [1.807, 2.05) is 26.2 Å². The maximum absolute atomic E-state index is 15.1. The molecule has 0 atom stereocenters. The predicted molar refractivity (Wildman–Crippen MR) is 138 cm³/mol. The molecular formula is C27H29FN6O2. The zero-order valence-electron chi connectivity index (χ0n) is 20.6. The average Bonchev–Trinajstić information content (AvgIpc) is 2.84. The summed E-state index contributed by atoms with van der Waals surface area (Å²) in [7, 11) is 4.03. The van der Waals surface area contributed by atoms with Gasteiger partial charge in [0.15, 0.2) is 5.82 Å². The van der Waals surface area contributed by atoms with Crippen LogP contribution in [0.15, 0.2) is 41.2 Å². The van der Waals surface area contributed by atoms with E-state index in [0.29, 0.717) is 39.5 Å². The van der Waals surface area contributed by atoms with Gasteiger partial charge in [-0.25, -0.2) is 9.97 Å². The summed E-state index contributed by atoms with van der Waals surface area (Å²) in [5.74, 6) is 0.167. The number of rotatable bonds is 5. The third kappa shape index (κ3) is 4.72. The number of aryl methyl sites for hydroxylation is 1. The quantitative estimate of drug-likeness (QED) is 0.436. The van der Waals surface area contributed by atoms with E-state index in [4.69, 9.17) is 10.5 Å². The Morgan fingerprint density at radius 1 is 1.06 bits per heavy atom. The van der Waals surface area contributed by atoms with Gasteiger partial charge in [0, 0.05) is 30.9 Å². The van der Waals surface area contributed by atoms with E-state index in [1.165, 1.54) is 5.56 Å². The Kier molecular flexibility index (Phi) is 6.51. The minimum Gasteiger partial charge on any atom is -0.382 e. The highest BCUT2D eigenvalue weighted by atomic mass is 19.1. The maximum Gasteiger partial charge on any atom is 0.258 e. The molecule has 9 heteroatoms. The molecule has 2 aromatic carbocycles. The van der Waals surface area contributed by atoms with Crippen LogP contribution >= 0.6 is 0 Å². The van der Waals surface area contributed by atoms with E-state index < -0.39 is 5.95 Å². The van der Waals surface area contributed by atoms with Gasteiger partial charge in [-0.2, -0.15) is 9.37 Å². The van der Waals surface area contributed by atoms with Gasteiger partial charge in [-0.15, -0.1) is 0 Å². The normalized spacial score (nSPS) is 14.6. The van der Waals surface area contributed by atoms with Gasteiger partial charge >= 0.3 is 0 Å². The second-order valence-electron chi connectivity index (χ2n) is 9.52. The summed E-state index contributed by atoms with van der Waals surface area (Å²) < 4.78 is 20.6. The van der Waals surface area contributed by atoms with Gasteiger partial charge in [0.05, 0.1) is 10.9 Å². The van der Waals surface area contributed by atoms with Crippen LogP contribution in [-0.2, 0) is 11.3 Å². The highest BCUT2D eigenvalue weighted by molar-refractivity contribution is 5.85. The third-order valence-corrected chi connectivity index (χ3v) is 6.54. The minimum absolute atomic E-state index is 0.0236. The number of halogens is 1. The fourth-order valence-corrected chi connectivity index (χ4v) is 4.86. The van der Waals surface area contributed by atoms with Crippen LogP contribution in [0.4, 0.5) is 10.2 Å². The molecule has 1 fully saturated rings. The fourth-order valence-electron chi connectivity index (χ4n) is 4.86. The van der Waals surface area contributed by atoms with Crippen molar-refractivity contribution >= 4 is 16.7 Å². The Hall–Kier alpha value is -3.69. The van der Waals surface area contributed by atoms with Crippen LogP contribution in [0.5, 0.6) is 0 Å². The Morgan fingerprint density at radius 3 is 2.53 bits per heavy atom. The molecule has 0 radical (unpaired) electrons. The van der Waals surface area contributed by atoms with Crippen molar-refractivity contribution in [1.82, 2.24) is 24.8 Å². The third-order valence-electron chi connectivity index (χ3n) is 6.54. The monoisotopic (exact) mass is 488 g/mol. The summed E-state index contributed by atoms with van der Waals surface area (Å²) in [5.41, 5.74) is 10.5. The lowest BCUT2D eigenvalue weighted by atomic mass is 9.87. The van der Waals surface area contributed by atoms with Crippen LogP contribution in [0, 0.1) is 12.9 Å². The van der Waals surface area contributed by atoms with Crippen LogP contribution in [0.2, 0.25) is 0 Å².